The Labute approximate surface area is 153 Å². The highest BCUT2D eigenvalue weighted by atomic mass is 79.9. The van der Waals surface area contributed by atoms with Crippen molar-refractivity contribution >= 4 is 33.2 Å². The van der Waals surface area contributed by atoms with Gasteiger partial charge in [0.1, 0.15) is 9.88 Å². The number of aromatic nitrogens is 2. The zero-order valence-electron chi connectivity index (χ0n) is 13.1. The first-order chi connectivity index (χ1) is 11.6. The summed E-state index contributed by atoms with van der Waals surface area (Å²) in [5, 5.41) is 3.74. The van der Waals surface area contributed by atoms with Gasteiger partial charge >= 0.3 is 0 Å². The highest BCUT2D eigenvalue weighted by Gasteiger charge is 2.16. The number of nitrogens with zero attached hydrogens (tertiary/aromatic N) is 2. The quantitative estimate of drug-likeness (QED) is 0.694. The first kappa shape index (κ1) is 16.8. The molecule has 0 saturated carbocycles. The summed E-state index contributed by atoms with van der Waals surface area (Å²) in [6.07, 6.45) is 2.50. The summed E-state index contributed by atoms with van der Waals surface area (Å²) in [4.78, 5) is 21.8. The van der Waals surface area contributed by atoms with Crippen LogP contribution in [0.3, 0.4) is 0 Å². The van der Waals surface area contributed by atoms with E-state index in [2.05, 4.69) is 31.2 Å². The molecule has 0 aliphatic carbocycles. The fraction of sp³-hybridized carbons (Fsp3) is 0.167. The number of amides is 1. The van der Waals surface area contributed by atoms with E-state index in [0.717, 1.165) is 27.3 Å². The van der Waals surface area contributed by atoms with Gasteiger partial charge in [-0.15, -0.1) is 11.3 Å². The minimum Gasteiger partial charge on any atom is -0.351 e. The molecule has 0 aliphatic heterocycles. The lowest BCUT2D eigenvalue weighted by molar-refractivity contribution is 0.0957. The van der Waals surface area contributed by atoms with E-state index in [9.17, 15) is 4.79 Å². The molecule has 0 radical (unpaired) electrons. The molecular formula is C18H16BrN3OS. The number of thiazole rings is 1. The molecule has 2 aromatic heterocycles. The molecule has 0 bridgehead atoms. The van der Waals surface area contributed by atoms with Crippen molar-refractivity contribution in [2.75, 3.05) is 6.54 Å². The maximum atomic E-state index is 12.4. The van der Waals surface area contributed by atoms with Crippen molar-refractivity contribution in [3.05, 3.63) is 69.3 Å². The summed E-state index contributed by atoms with van der Waals surface area (Å²) in [6, 6.07) is 13.7. The van der Waals surface area contributed by atoms with E-state index in [1.807, 2.05) is 49.4 Å². The molecule has 1 amide bonds. The highest BCUT2D eigenvalue weighted by molar-refractivity contribution is 9.10. The van der Waals surface area contributed by atoms with Crippen molar-refractivity contribution in [1.29, 1.82) is 0 Å². The predicted octanol–water partition coefficient (Wildman–Crippen LogP) is 4.25. The van der Waals surface area contributed by atoms with Gasteiger partial charge in [0.2, 0.25) is 0 Å². The highest BCUT2D eigenvalue weighted by Crippen LogP contribution is 2.26. The van der Waals surface area contributed by atoms with E-state index in [0.29, 0.717) is 11.4 Å². The van der Waals surface area contributed by atoms with Crippen molar-refractivity contribution in [1.82, 2.24) is 15.3 Å². The maximum Gasteiger partial charge on any atom is 0.263 e. The van der Waals surface area contributed by atoms with Gasteiger partial charge in [-0.3, -0.25) is 9.78 Å². The lowest BCUT2D eigenvalue weighted by atomic mass is 10.1. The van der Waals surface area contributed by atoms with Gasteiger partial charge in [-0.25, -0.2) is 4.98 Å². The molecule has 1 aromatic carbocycles. The van der Waals surface area contributed by atoms with Gasteiger partial charge in [0, 0.05) is 17.2 Å². The molecule has 0 atom stereocenters. The van der Waals surface area contributed by atoms with Crippen molar-refractivity contribution < 1.29 is 4.79 Å². The molecule has 1 N–H and O–H groups in total. The second kappa shape index (κ2) is 7.68. The van der Waals surface area contributed by atoms with Gasteiger partial charge in [0.15, 0.2) is 0 Å². The van der Waals surface area contributed by atoms with Crippen molar-refractivity contribution in [3.63, 3.8) is 0 Å². The van der Waals surface area contributed by atoms with E-state index < -0.39 is 0 Å². The van der Waals surface area contributed by atoms with Crippen molar-refractivity contribution in [3.8, 4) is 10.7 Å². The van der Waals surface area contributed by atoms with Crippen LogP contribution >= 0.6 is 27.3 Å². The van der Waals surface area contributed by atoms with Gasteiger partial charge in [-0.2, -0.15) is 0 Å². The normalized spacial score (nSPS) is 10.6. The molecule has 0 aliphatic rings. The molecule has 6 heteroatoms. The van der Waals surface area contributed by atoms with Crippen LogP contribution < -0.4 is 5.32 Å². The molecule has 3 aromatic rings. The minimum atomic E-state index is -0.0840. The Hall–Kier alpha value is -2.05. The number of benzene rings is 1. The van der Waals surface area contributed by atoms with E-state index in [4.69, 9.17) is 0 Å². The summed E-state index contributed by atoms with van der Waals surface area (Å²) in [7, 11) is 0. The predicted molar refractivity (Wildman–Crippen MR) is 100 cm³/mol. The Morgan fingerprint density at radius 1 is 1.21 bits per heavy atom. The van der Waals surface area contributed by atoms with Crippen molar-refractivity contribution in [2.24, 2.45) is 0 Å². The van der Waals surface area contributed by atoms with Crippen LogP contribution in [0.4, 0.5) is 0 Å². The largest absolute Gasteiger partial charge is 0.351 e. The topological polar surface area (TPSA) is 54.9 Å². The summed E-state index contributed by atoms with van der Waals surface area (Å²) in [5.74, 6) is -0.0840. The number of halogens is 1. The SMILES string of the molecule is Cc1nc(-c2ccccn2)sc1C(=O)NCCc1ccccc1Br. The third-order valence-corrected chi connectivity index (χ3v) is 5.48. The van der Waals surface area contributed by atoms with Gasteiger partial charge in [0.05, 0.1) is 11.4 Å². The Morgan fingerprint density at radius 2 is 2.00 bits per heavy atom. The average molecular weight is 402 g/mol. The number of carbonyl (C=O) groups is 1. The standard InChI is InChI=1S/C18H16BrN3OS/c1-12-16(24-18(22-12)15-8-4-5-10-20-15)17(23)21-11-9-13-6-2-3-7-14(13)19/h2-8,10H,9,11H2,1H3,(H,21,23). The zero-order valence-corrected chi connectivity index (χ0v) is 15.5. The molecule has 0 fully saturated rings. The number of hydrogen-bond acceptors (Lipinski definition) is 4. The van der Waals surface area contributed by atoms with Gasteiger partial charge in [-0.05, 0) is 37.1 Å². The monoisotopic (exact) mass is 401 g/mol. The van der Waals surface area contributed by atoms with Crippen LogP contribution in [0.2, 0.25) is 0 Å². The summed E-state index contributed by atoms with van der Waals surface area (Å²) < 4.78 is 1.06. The van der Waals surface area contributed by atoms with Crippen LogP contribution in [0, 0.1) is 6.92 Å². The summed E-state index contributed by atoms with van der Waals surface area (Å²) in [5.41, 5.74) is 2.70. The summed E-state index contributed by atoms with van der Waals surface area (Å²) >= 11 is 4.90. The molecule has 0 unspecified atom stereocenters. The first-order valence-corrected chi connectivity index (χ1v) is 9.16. The average Bonchev–Trinajstić information content (AvgIpc) is 2.99. The van der Waals surface area contributed by atoms with Gasteiger partial charge < -0.3 is 5.32 Å². The number of carbonyl (C=O) groups excluding carboxylic acids is 1. The third-order valence-electron chi connectivity index (χ3n) is 3.52. The number of pyridine rings is 1. The van der Waals surface area contributed by atoms with E-state index in [1.165, 1.54) is 16.9 Å². The molecule has 0 spiro atoms. The number of nitrogens with one attached hydrogen (secondary N) is 1. The minimum absolute atomic E-state index is 0.0840. The van der Waals surface area contributed by atoms with Crippen LogP contribution in [0.15, 0.2) is 53.1 Å². The number of aryl methyl sites for hydroxylation is 1. The fourth-order valence-electron chi connectivity index (χ4n) is 2.30. The van der Waals surface area contributed by atoms with E-state index in [1.54, 1.807) is 6.20 Å². The Morgan fingerprint density at radius 3 is 2.75 bits per heavy atom. The molecule has 3 rings (SSSR count). The van der Waals surface area contributed by atoms with Gasteiger partial charge in [-0.1, -0.05) is 40.2 Å². The molecule has 24 heavy (non-hydrogen) atoms. The number of hydrogen-bond donors (Lipinski definition) is 1. The van der Waals surface area contributed by atoms with Crippen LogP contribution in [0.1, 0.15) is 20.9 Å². The molecule has 2 heterocycles. The number of rotatable bonds is 5. The molecule has 122 valence electrons. The second-order valence-corrected chi connectivity index (χ2v) is 7.10. The Bertz CT molecular complexity index is 848. The van der Waals surface area contributed by atoms with E-state index in [-0.39, 0.29) is 5.91 Å². The molecule has 0 saturated heterocycles. The fourth-order valence-corrected chi connectivity index (χ4v) is 3.74. The van der Waals surface area contributed by atoms with Gasteiger partial charge in [0.25, 0.3) is 5.91 Å². The first-order valence-electron chi connectivity index (χ1n) is 7.55. The lowest BCUT2D eigenvalue weighted by Crippen LogP contribution is -2.25. The maximum absolute atomic E-state index is 12.4. The van der Waals surface area contributed by atoms with Crippen LogP contribution in [0.5, 0.6) is 0 Å². The summed E-state index contributed by atoms with van der Waals surface area (Å²) in [6.45, 7) is 2.43. The lowest BCUT2D eigenvalue weighted by Gasteiger charge is -2.06. The Kier molecular flexibility index (Phi) is 5.37. The van der Waals surface area contributed by atoms with Crippen LogP contribution in [0.25, 0.3) is 10.7 Å². The van der Waals surface area contributed by atoms with Crippen LogP contribution in [-0.2, 0) is 6.42 Å². The Balaban J connectivity index is 1.65. The zero-order chi connectivity index (χ0) is 16.9. The molecular weight excluding hydrogens is 386 g/mol. The smallest absolute Gasteiger partial charge is 0.263 e. The van der Waals surface area contributed by atoms with E-state index >= 15 is 0 Å². The second-order valence-electron chi connectivity index (χ2n) is 5.25. The third kappa shape index (κ3) is 3.88. The molecule has 4 nitrogen and oxygen atoms in total. The van der Waals surface area contributed by atoms with Crippen molar-refractivity contribution in [2.45, 2.75) is 13.3 Å². The van der Waals surface area contributed by atoms with Crippen LogP contribution in [-0.4, -0.2) is 22.4 Å².